The van der Waals surface area contributed by atoms with Crippen molar-refractivity contribution < 1.29 is 0 Å². The maximum atomic E-state index is 5.43. The molecule has 2 N–H and O–H groups in total. The summed E-state index contributed by atoms with van der Waals surface area (Å²) in [4.78, 5) is 1.57. The molecule has 0 fully saturated rings. The van der Waals surface area contributed by atoms with E-state index < -0.39 is 0 Å². The van der Waals surface area contributed by atoms with Crippen LogP contribution in [0.3, 0.4) is 0 Å². The zero-order chi connectivity index (χ0) is 13.1. The summed E-state index contributed by atoms with van der Waals surface area (Å²) in [6, 6.07) is 18.2. The van der Waals surface area contributed by atoms with Gasteiger partial charge < -0.3 is 5.73 Å². The minimum absolute atomic E-state index is 0.423. The lowest BCUT2D eigenvalue weighted by Crippen LogP contribution is -2.01. The molecule has 1 aromatic heterocycles. The van der Waals surface area contributed by atoms with Crippen LogP contribution in [0, 0.1) is 0 Å². The van der Waals surface area contributed by atoms with Crippen LogP contribution in [0.4, 0.5) is 0 Å². The molecule has 2 aliphatic rings. The number of nitrogens with two attached hydrogens (primary N) is 1. The molecule has 94 valence electrons. The highest BCUT2D eigenvalue weighted by Crippen LogP contribution is 2.29. The predicted octanol–water partition coefficient (Wildman–Crippen LogP) is 2.39. The minimum atomic E-state index is 0.423. The largest absolute Gasteiger partial charge is 0.325 e. The van der Waals surface area contributed by atoms with Crippen molar-refractivity contribution in [1.29, 1.82) is 0 Å². The van der Waals surface area contributed by atoms with Crippen molar-refractivity contribution in [3.8, 4) is 16.8 Å². The fourth-order valence-electron chi connectivity index (χ4n) is 1.74. The Morgan fingerprint density at radius 2 is 1.53 bits per heavy atom. The maximum absolute atomic E-state index is 5.43. The molecule has 0 atom stereocenters. The monoisotopic (exact) mass is 250 g/mol. The molecule has 19 heavy (non-hydrogen) atoms. The lowest BCUT2D eigenvalue weighted by atomic mass is 9.95. The van der Waals surface area contributed by atoms with E-state index in [9.17, 15) is 0 Å². The predicted molar refractivity (Wildman–Crippen MR) is 74.7 cm³/mol. The third-order valence-electron chi connectivity index (χ3n) is 2.95. The third kappa shape index (κ3) is 2.39. The van der Waals surface area contributed by atoms with Crippen molar-refractivity contribution in [2.45, 2.75) is 6.54 Å². The quantitative estimate of drug-likeness (QED) is 0.594. The molecule has 0 bridgehead atoms. The molecule has 0 amide bonds. The van der Waals surface area contributed by atoms with Crippen LogP contribution in [0.5, 0.6) is 0 Å². The van der Waals surface area contributed by atoms with Crippen molar-refractivity contribution in [2.24, 2.45) is 5.73 Å². The standard InChI is InChI=1S/C9H10N4.C6H4/c10-6-8-7-11-13(12-8)9-4-2-1-3-5-9;1-2-6-4-3-5(1)6/h1-5,7H,6,10H2;1-4H. The second-order valence-electron chi connectivity index (χ2n) is 4.24. The van der Waals surface area contributed by atoms with Crippen LogP contribution in [0.15, 0.2) is 60.8 Å². The zero-order valence-corrected chi connectivity index (χ0v) is 10.4. The first-order chi connectivity index (χ1) is 9.36. The van der Waals surface area contributed by atoms with Crippen LogP contribution in [0.2, 0.25) is 0 Å². The van der Waals surface area contributed by atoms with Crippen molar-refractivity contribution >= 4 is 0 Å². The number of hydrogen-bond acceptors (Lipinski definition) is 3. The Kier molecular flexibility index (Phi) is 3.08. The van der Waals surface area contributed by atoms with Gasteiger partial charge in [-0.25, -0.2) is 0 Å². The van der Waals surface area contributed by atoms with Gasteiger partial charge in [0, 0.05) is 6.54 Å². The van der Waals surface area contributed by atoms with Gasteiger partial charge in [0.15, 0.2) is 0 Å². The smallest absolute Gasteiger partial charge is 0.0967 e. The van der Waals surface area contributed by atoms with Gasteiger partial charge in [0.25, 0.3) is 0 Å². The highest BCUT2D eigenvalue weighted by molar-refractivity contribution is 5.75. The Balaban J connectivity index is 0.000000151. The fourth-order valence-corrected chi connectivity index (χ4v) is 1.74. The van der Waals surface area contributed by atoms with Crippen LogP contribution < -0.4 is 5.73 Å². The Morgan fingerprint density at radius 1 is 0.895 bits per heavy atom. The van der Waals surface area contributed by atoms with Gasteiger partial charge in [-0.3, -0.25) is 0 Å². The lowest BCUT2D eigenvalue weighted by molar-refractivity contribution is 0.738. The molecule has 0 unspecified atom stereocenters. The van der Waals surface area contributed by atoms with Gasteiger partial charge in [0.2, 0.25) is 0 Å². The van der Waals surface area contributed by atoms with Crippen molar-refractivity contribution in [2.75, 3.05) is 0 Å². The first-order valence-electron chi connectivity index (χ1n) is 6.14. The maximum Gasteiger partial charge on any atom is 0.0967 e. The van der Waals surface area contributed by atoms with Crippen molar-refractivity contribution in [1.82, 2.24) is 15.0 Å². The summed E-state index contributed by atoms with van der Waals surface area (Å²) in [5.41, 5.74) is 10.0. The molecule has 0 spiro atoms. The van der Waals surface area contributed by atoms with Crippen LogP contribution in [-0.4, -0.2) is 15.0 Å². The highest BCUT2D eigenvalue weighted by atomic mass is 15.5. The molecule has 4 rings (SSSR count). The van der Waals surface area contributed by atoms with E-state index in [2.05, 4.69) is 34.5 Å². The summed E-state index contributed by atoms with van der Waals surface area (Å²) < 4.78 is 0. The van der Waals surface area contributed by atoms with Gasteiger partial charge in [0.05, 0.1) is 17.6 Å². The Labute approximate surface area is 111 Å². The number of para-hydroxylation sites is 1. The Morgan fingerprint density at radius 3 is 1.95 bits per heavy atom. The second-order valence-corrected chi connectivity index (χ2v) is 4.24. The van der Waals surface area contributed by atoms with E-state index in [1.807, 2.05) is 30.3 Å². The van der Waals surface area contributed by atoms with E-state index >= 15 is 0 Å². The average Bonchev–Trinajstić information content (AvgIpc) is 2.93. The number of benzene rings is 2. The third-order valence-corrected chi connectivity index (χ3v) is 2.95. The summed E-state index contributed by atoms with van der Waals surface area (Å²) in [6.07, 6.45) is 1.67. The fraction of sp³-hybridized carbons (Fsp3) is 0.0667. The molecule has 0 saturated heterocycles. The minimum Gasteiger partial charge on any atom is -0.325 e. The highest BCUT2D eigenvalue weighted by Gasteiger charge is 2.04. The first-order valence-corrected chi connectivity index (χ1v) is 6.14. The van der Waals surface area contributed by atoms with Gasteiger partial charge in [-0.05, 0) is 23.3 Å². The van der Waals surface area contributed by atoms with Crippen LogP contribution in [0.1, 0.15) is 5.69 Å². The van der Waals surface area contributed by atoms with Crippen molar-refractivity contribution in [3.05, 3.63) is 66.5 Å². The second kappa shape index (κ2) is 5.04. The van der Waals surface area contributed by atoms with Crippen LogP contribution in [-0.2, 0) is 6.54 Å². The summed E-state index contributed by atoms with van der Waals surface area (Å²) in [5.74, 6) is 0. The van der Waals surface area contributed by atoms with Crippen LogP contribution >= 0.6 is 0 Å². The van der Waals surface area contributed by atoms with E-state index in [1.165, 1.54) is 11.1 Å². The Hall–Kier alpha value is -2.46. The number of fused-ring (bicyclic) bond motifs is 1. The number of rotatable bonds is 2. The SMILES string of the molecule is NCc1cnn(-c2ccccc2)n1.c1cc2ccc1-2. The van der Waals surface area contributed by atoms with E-state index in [1.54, 1.807) is 11.0 Å². The first kappa shape index (κ1) is 11.6. The number of nitrogens with zero attached hydrogens (tertiary/aromatic N) is 3. The van der Waals surface area contributed by atoms with Gasteiger partial charge in [0.1, 0.15) is 0 Å². The summed E-state index contributed by atoms with van der Waals surface area (Å²) in [6.45, 7) is 0.423. The molecular weight excluding hydrogens is 236 g/mol. The van der Waals surface area contributed by atoms with E-state index in [0.717, 1.165) is 11.4 Å². The summed E-state index contributed by atoms with van der Waals surface area (Å²) in [7, 11) is 0. The van der Waals surface area contributed by atoms with E-state index in [4.69, 9.17) is 5.73 Å². The van der Waals surface area contributed by atoms with E-state index in [0.29, 0.717) is 6.54 Å². The van der Waals surface area contributed by atoms with Gasteiger partial charge in [-0.15, -0.1) is 0 Å². The van der Waals surface area contributed by atoms with Gasteiger partial charge >= 0.3 is 0 Å². The molecule has 4 heteroatoms. The summed E-state index contributed by atoms with van der Waals surface area (Å²) in [5, 5.41) is 8.26. The van der Waals surface area contributed by atoms with E-state index in [-0.39, 0.29) is 0 Å². The molecule has 4 nitrogen and oxygen atoms in total. The number of aromatic nitrogens is 3. The zero-order valence-electron chi connectivity index (χ0n) is 10.4. The van der Waals surface area contributed by atoms with Crippen molar-refractivity contribution in [3.63, 3.8) is 0 Å². The molecular formula is C15H14N4. The average molecular weight is 250 g/mol. The molecule has 0 saturated carbocycles. The summed E-state index contributed by atoms with van der Waals surface area (Å²) >= 11 is 0. The normalized spacial score (nSPS) is 10.6. The molecule has 1 aromatic carbocycles. The van der Waals surface area contributed by atoms with Crippen LogP contribution in [0.25, 0.3) is 16.8 Å². The molecule has 0 aliphatic heterocycles. The molecule has 2 aromatic rings. The van der Waals surface area contributed by atoms with Gasteiger partial charge in [-0.1, -0.05) is 42.5 Å². The van der Waals surface area contributed by atoms with Gasteiger partial charge in [-0.2, -0.15) is 15.0 Å². The lowest BCUT2D eigenvalue weighted by Gasteiger charge is -2.10. The number of hydrogen-bond donors (Lipinski definition) is 1. The molecule has 2 aliphatic carbocycles. The topological polar surface area (TPSA) is 56.7 Å². The Bertz CT molecular complexity index is 635. The molecule has 0 radical (unpaired) electrons. The molecule has 1 heterocycles.